The molecule has 16 heavy (non-hydrogen) atoms. The highest BCUT2D eigenvalue weighted by Gasteiger charge is 2.29. The van der Waals surface area contributed by atoms with Crippen molar-refractivity contribution in [3.8, 4) is 0 Å². The number of rotatable bonds is 0. The van der Waals surface area contributed by atoms with Crippen LogP contribution in [0, 0.1) is 0 Å². The quantitative estimate of drug-likeness (QED) is 0.737. The molecule has 0 aromatic carbocycles. The highest BCUT2D eigenvalue weighted by Crippen LogP contribution is 2.24. The van der Waals surface area contributed by atoms with Crippen LogP contribution in [0.15, 0.2) is 6.33 Å². The van der Waals surface area contributed by atoms with Gasteiger partial charge >= 0.3 is 0 Å². The van der Waals surface area contributed by atoms with Gasteiger partial charge in [0.2, 0.25) is 5.91 Å². The van der Waals surface area contributed by atoms with Crippen molar-refractivity contribution in [2.24, 2.45) is 0 Å². The first kappa shape index (κ1) is 14.7. The first-order valence-electron chi connectivity index (χ1n) is 5.97. The topological polar surface area (TPSA) is 49.0 Å². The molecular formula is C12H23N3O. The van der Waals surface area contributed by atoms with Crippen molar-refractivity contribution in [1.29, 1.82) is 0 Å². The van der Waals surface area contributed by atoms with Crippen molar-refractivity contribution in [1.82, 2.24) is 14.9 Å². The molecule has 0 aliphatic carbocycles. The van der Waals surface area contributed by atoms with E-state index in [9.17, 15) is 4.79 Å². The Kier molecular flexibility index (Phi) is 6.46. The van der Waals surface area contributed by atoms with Gasteiger partial charge in [-0.25, -0.2) is 4.98 Å². The summed E-state index contributed by atoms with van der Waals surface area (Å²) in [6, 6.07) is 0. The summed E-state index contributed by atoms with van der Waals surface area (Å²) in [7, 11) is 1.81. The molecular weight excluding hydrogens is 202 g/mol. The first-order valence-corrected chi connectivity index (χ1v) is 5.97. The van der Waals surface area contributed by atoms with Crippen LogP contribution < -0.4 is 0 Å². The van der Waals surface area contributed by atoms with E-state index >= 15 is 0 Å². The molecule has 1 unspecified atom stereocenters. The molecule has 1 aliphatic heterocycles. The normalized spacial score (nSPS) is 17.8. The minimum Gasteiger partial charge on any atom is -0.347 e. The summed E-state index contributed by atoms with van der Waals surface area (Å²) < 4.78 is 0. The highest BCUT2D eigenvalue weighted by atomic mass is 16.2. The van der Waals surface area contributed by atoms with Crippen LogP contribution in [-0.4, -0.2) is 27.8 Å². The Hall–Kier alpha value is -1.32. The van der Waals surface area contributed by atoms with E-state index in [4.69, 9.17) is 0 Å². The van der Waals surface area contributed by atoms with Crippen LogP contribution in [-0.2, 0) is 11.3 Å². The Morgan fingerprint density at radius 1 is 1.38 bits per heavy atom. The van der Waals surface area contributed by atoms with Gasteiger partial charge in [0, 0.05) is 7.05 Å². The van der Waals surface area contributed by atoms with Crippen LogP contribution >= 0.6 is 0 Å². The summed E-state index contributed by atoms with van der Waals surface area (Å²) in [5, 5.41) is 0. The molecule has 1 aromatic heterocycles. The number of fused-ring (bicyclic) bond motifs is 1. The number of imidazole rings is 1. The average Bonchev–Trinajstić information content (AvgIpc) is 2.79. The van der Waals surface area contributed by atoms with Gasteiger partial charge in [-0.15, -0.1) is 0 Å². The molecule has 2 heterocycles. The van der Waals surface area contributed by atoms with Crippen LogP contribution in [0.1, 0.15) is 51.9 Å². The van der Waals surface area contributed by atoms with E-state index in [0.717, 1.165) is 11.4 Å². The second-order valence-corrected chi connectivity index (χ2v) is 3.18. The molecule has 1 N–H and O–H groups in total. The van der Waals surface area contributed by atoms with Crippen LogP contribution in [0.25, 0.3) is 0 Å². The van der Waals surface area contributed by atoms with Crippen molar-refractivity contribution < 1.29 is 4.79 Å². The van der Waals surface area contributed by atoms with Gasteiger partial charge in [0.15, 0.2) is 0 Å². The fourth-order valence-electron chi connectivity index (χ4n) is 1.59. The predicted molar refractivity (Wildman–Crippen MR) is 66.2 cm³/mol. The highest BCUT2D eigenvalue weighted by molar-refractivity contribution is 5.84. The number of amides is 1. The fraction of sp³-hybridized carbons (Fsp3) is 0.667. The fourth-order valence-corrected chi connectivity index (χ4v) is 1.59. The third kappa shape index (κ3) is 2.84. The zero-order valence-corrected chi connectivity index (χ0v) is 11.2. The smallest absolute Gasteiger partial charge is 0.231 e. The minimum atomic E-state index is -0.0926. The van der Waals surface area contributed by atoms with Gasteiger partial charge in [-0.2, -0.15) is 0 Å². The lowest BCUT2D eigenvalue weighted by Gasteiger charge is -2.26. The van der Waals surface area contributed by atoms with Crippen LogP contribution in [0.4, 0.5) is 0 Å². The molecule has 2 rings (SSSR count). The molecule has 0 saturated carbocycles. The number of aromatic amines is 1. The Balaban J connectivity index is 0.000000509. The van der Waals surface area contributed by atoms with Gasteiger partial charge in [-0.3, -0.25) is 4.79 Å². The van der Waals surface area contributed by atoms with E-state index in [1.54, 1.807) is 11.2 Å². The molecule has 0 saturated heterocycles. The number of hydrogen-bond donors (Lipinski definition) is 1. The number of likely N-dealkylation sites (N-methyl/N-ethyl adjacent to an activating group) is 1. The first-order chi connectivity index (χ1) is 7.70. The van der Waals surface area contributed by atoms with Gasteiger partial charge in [0.05, 0.1) is 30.2 Å². The molecule has 0 spiro atoms. The van der Waals surface area contributed by atoms with Crippen molar-refractivity contribution in [3.63, 3.8) is 0 Å². The van der Waals surface area contributed by atoms with E-state index in [1.807, 2.05) is 41.7 Å². The lowest BCUT2D eigenvalue weighted by Crippen LogP contribution is -2.35. The van der Waals surface area contributed by atoms with Crippen molar-refractivity contribution in [2.45, 2.75) is 47.1 Å². The summed E-state index contributed by atoms with van der Waals surface area (Å²) in [5.74, 6) is 0.0552. The molecule has 1 amide bonds. The van der Waals surface area contributed by atoms with Gasteiger partial charge in [-0.1, -0.05) is 27.7 Å². The molecule has 1 aliphatic rings. The molecule has 1 atom stereocenters. The van der Waals surface area contributed by atoms with E-state index in [1.165, 1.54) is 0 Å². The maximum absolute atomic E-state index is 11.5. The number of carbonyl (C=O) groups is 1. The Morgan fingerprint density at radius 3 is 2.50 bits per heavy atom. The Bertz CT molecular complexity index is 320. The van der Waals surface area contributed by atoms with Gasteiger partial charge < -0.3 is 9.88 Å². The average molecular weight is 225 g/mol. The van der Waals surface area contributed by atoms with Crippen molar-refractivity contribution >= 4 is 5.91 Å². The molecule has 0 radical (unpaired) electrons. The van der Waals surface area contributed by atoms with E-state index in [0.29, 0.717) is 6.54 Å². The Labute approximate surface area is 98.1 Å². The number of carbonyl (C=O) groups excluding carboxylic acids is 1. The van der Waals surface area contributed by atoms with Crippen molar-refractivity contribution in [2.75, 3.05) is 7.05 Å². The molecule has 1 aromatic rings. The van der Waals surface area contributed by atoms with Gasteiger partial charge in [0.25, 0.3) is 0 Å². The largest absolute Gasteiger partial charge is 0.347 e. The monoisotopic (exact) mass is 225 g/mol. The zero-order valence-electron chi connectivity index (χ0n) is 11.2. The molecule has 92 valence electrons. The number of nitrogens with one attached hydrogen (secondary N) is 1. The Morgan fingerprint density at radius 2 is 1.94 bits per heavy atom. The molecule has 0 bridgehead atoms. The number of H-pyrrole nitrogens is 1. The van der Waals surface area contributed by atoms with E-state index in [-0.39, 0.29) is 11.8 Å². The number of nitrogens with zero attached hydrogens (tertiary/aromatic N) is 2. The van der Waals surface area contributed by atoms with Crippen LogP contribution in [0.5, 0.6) is 0 Å². The summed E-state index contributed by atoms with van der Waals surface area (Å²) in [6.07, 6.45) is 1.65. The van der Waals surface area contributed by atoms with Crippen LogP contribution in [0.2, 0.25) is 0 Å². The zero-order chi connectivity index (χ0) is 12.7. The SMILES string of the molecule is CC.CC.CC1C(=O)N(C)Cc2[nH]cnc21. The molecule has 4 nitrogen and oxygen atoms in total. The predicted octanol–water partition coefficient (Wildman–Crippen LogP) is 2.54. The third-order valence-corrected chi connectivity index (χ3v) is 2.30. The summed E-state index contributed by atoms with van der Waals surface area (Å²) in [4.78, 5) is 20.3. The molecule has 0 fully saturated rings. The maximum atomic E-state index is 11.5. The summed E-state index contributed by atoms with van der Waals surface area (Å²) >= 11 is 0. The second kappa shape index (κ2) is 7.04. The van der Waals surface area contributed by atoms with Crippen molar-refractivity contribution in [3.05, 3.63) is 17.7 Å². The van der Waals surface area contributed by atoms with E-state index in [2.05, 4.69) is 9.97 Å². The molecule has 4 heteroatoms. The van der Waals surface area contributed by atoms with Gasteiger partial charge in [0.1, 0.15) is 0 Å². The number of aromatic nitrogens is 2. The third-order valence-electron chi connectivity index (χ3n) is 2.30. The maximum Gasteiger partial charge on any atom is 0.231 e. The number of hydrogen-bond acceptors (Lipinski definition) is 2. The summed E-state index contributed by atoms with van der Waals surface area (Å²) in [6.45, 7) is 10.5. The standard InChI is InChI=1S/C8H11N3O.2C2H6/c1-5-7-6(9-4-10-7)3-11(2)8(5)12;2*1-2/h4-5H,3H2,1-2H3,(H,9,10);2*1-2H3. The second-order valence-electron chi connectivity index (χ2n) is 3.18. The summed E-state index contributed by atoms with van der Waals surface area (Å²) in [5.41, 5.74) is 1.96. The van der Waals surface area contributed by atoms with E-state index < -0.39 is 0 Å². The van der Waals surface area contributed by atoms with Crippen LogP contribution in [0.3, 0.4) is 0 Å². The lowest BCUT2D eigenvalue weighted by atomic mass is 10.0. The lowest BCUT2D eigenvalue weighted by molar-refractivity contribution is -0.132. The minimum absolute atomic E-state index is 0.0926. The van der Waals surface area contributed by atoms with Gasteiger partial charge in [-0.05, 0) is 6.92 Å².